The van der Waals surface area contributed by atoms with E-state index >= 15 is 0 Å². The molecule has 6 nitrogen and oxygen atoms in total. The molecule has 0 bridgehead atoms. The zero-order chi connectivity index (χ0) is 18.7. The molecule has 2 aromatic carbocycles. The molecule has 26 heavy (non-hydrogen) atoms. The molecular weight excluding hydrogens is 332 g/mol. The maximum Gasteiger partial charge on any atom is 0.342 e. The van der Waals surface area contributed by atoms with Gasteiger partial charge in [-0.2, -0.15) is 0 Å². The van der Waals surface area contributed by atoms with Crippen LogP contribution >= 0.6 is 0 Å². The van der Waals surface area contributed by atoms with Crippen LogP contribution in [0.1, 0.15) is 40.4 Å². The van der Waals surface area contributed by atoms with E-state index in [0.29, 0.717) is 17.2 Å². The van der Waals surface area contributed by atoms with Gasteiger partial charge in [-0.15, -0.1) is 10.2 Å². The number of nitrogens with zero attached hydrogens (tertiary/aromatic N) is 2. The molecule has 134 valence electrons. The van der Waals surface area contributed by atoms with Crippen LogP contribution in [0.2, 0.25) is 0 Å². The van der Waals surface area contributed by atoms with Gasteiger partial charge in [-0.25, -0.2) is 4.79 Å². The van der Waals surface area contributed by atoms with Gasteiger partial charge in [-0.05, 0) is 45.0 Å². The number of hydrogen-bond acceptors (Lipinski definition) is 6. The predicted molar refractivity (Wildman–Crippen MR) is 96.0 cm³/mol. The van der Waals surface area contributed by atoms with Crippen molar-refractivity contribution in [3.63, 3.8) is 0 Å². The summed E-state index contributed by atoms with van der Waals surface area (Å²) in [5.74, 6) is 0.573. The van der Waals surface area contributed by atoms with Gasteiger partial charge in [0.2, 0.25) is 5.89 Å². The number of methoxy groups -OCH3 is 1. The van der Waals surface area contributed by atoms with Crippen molar-refractivity contribution in [2.24, 2.45) is 0 Å². The van der Waals surface area contributed by atoms with Gasteiger partial charge in [-0.3, -0.25) is 0 Å². The molecule has 1 aromatic heterocycles. The van der Waals surface area contributed by atoms with E-state index in [9.17, 15) is 4.79 Å². The number of esters is 1. The van der Waals surface area contributed by atoms with Gasteiger partial charge in [0.15, 0.2) is 6.10 Å². The van der Waals surface area contributed by atoms with Crippen LogP contribution in [0.5, 0.6) is 5.75 Å². The summed E-state index contributed by atoms with van der Waals surface area (Å²) in [6.07, 6.45) is -0.681. The van der Waals surface area contributed by atoms with E-state index in [-0.39, 0.29) is 5.89 Å². The topological polar surface area (TPSA) is 74.5 Å². The Balaban J connectivity index is 1.76. The van der Waals surface area contributed by atoms with E-state index in [1.807, 2.05) is 44.2 Å². The Morgan fingerprint density at radius 3 is 2.42 bits per heavy atom. The van der Waals surface area contributed by atoms with Gasteiger partial charge in [0.05, 0.1) is 7.11 Å². The molecule has 1 heterocycles. The molecule has 0 saturated carbocycles. The highest BCUT2D eigenvalue weighted by Gasteiger charge is 2.22. The second-order valence-electron chi connectivity index (χ2n) is 6.06. The summed E-state index contributed by atoms with van der Waals surface area (Å²) in [5, 5.41) is 8.03. The normalized spacial score (nSPS) is 11.8. The molecule has 0 aliphatic rings. The highest BCUT2D eigenvalue weighted by atomic mass is 16.6. The van der Waals surface area contributed by atoms with Gasteiger partial charge >= 0.3 is 5.97 Å². The van der Waals surface area contributed by atoms with Gasteiger partial charge in [-0.1, -0.05) is 29.3 Å². The van der Waals surface area contributed by atoms with Crippen molar-refractivity contribution in [2.75, 3.05) is 7.11 Å². The number of carbonyl (C=O) groups is 1. The highest BCUT2D eigenvalue weighted by molar-refractivity contribution is 5.92. The first-order valence-electron chi connectivity index (χ1n) is 8.24. The lowest BCUT2D eigenvalue weighted by molar-refractivity contribution is 0.0276. The minimum Gasteiger partial charge on any atom is -0.496 e. The Morgan fingerprint density at radius 1 is 1.04 bits per heavy atom. The summed E-state index contributed by atoms with van der Waals surface area (Å²) >= 11 is 0. The van der Waals surface area contributed by atoms with Crippen LogP contribution in [0, 0.1) is 13.8 Å². The van der Waals surface area contributed by atoms with Gasteiger partial charge in [0.1, 0.15) is 11.3 Å². The van der Waals surface area contributed by atoms with Crippen molar-refractivity contribution >= 4 is 5.97 Å². The van der Waals surface area contributed by atoms with Gasteiger partial charge < -0.3 is 13.9 Å². The molecule has 0 saturated heterocycles. The summed E-state index contributed by atoms with van der Waals surface area (Å²) in [7, 11) is 1.51. The van der Waals surface area contributed by atoms with Crippen LogP contribution in [0.15, 0.2) is 46.9 Å². The molecule has 6 heteroatoms. The fourth-order valence-electron chi connectivity index (χ4n) is 2.47. The number of carbonyl (C=O) groups excluding carboxylic acids is 1. The Morgan fingerprint density at radius 2 is 1.73 bits per heavy atom. The van der Waals surface area contributed by atoms with Crippen LogP contribution in [-0.2, 0) is 4.74 Å². The molecule has 0 fully saturated rings. The number of aromatic nitrogens is 2. The van der Waals surface area contributed by atoms with Crippen molar-refractivity contribution in [1.29, 1.82) is 0 Å². The van der Waals surface area contributed by atoms with Gasteiger partial charge in [0, 0.05) is 5.56 Å². The SMILES string of the molecule is COc1ccc(C)cc1C(=O)OC(C)c1nnc(-c2ccc(C)cc2)o1. The molecule has 1 unspecified atom stereocenters. The van der Waals surface area contributed by atoms with Crippen molar-refractivity contribution < 1.29 is 18.7 Å². The average molecular weight is 352 g/mol. The summed E-state index contributed by atoms with van der Waals surface area (Å²) in [6.45, 7) is 5.59. The minimum absolute atomic E-state index is 0.237. The fourth-order valence-corrected chi connectivity index (χ4v) is 2.47. The van der Waals surface area contributed by atoms with Crippen LogP contribution in [0.4, 0.5) is 0 Å². The Labute approximate surface area is 151 Å². The lowest BCUT2D eigenvalue weighted by Gasteiger charge is -2.12. The second-order valence-corrected chi connectivity index (χ2v) is 6.06. The minimum atomic E-state index is -0.681. The third kappa shape index (κ3) is 3.74. The Bertz CT molecular complexity index is 916. The smallest absolute Gasteiger partial charge is 0.342 e. The van der Waals surface area contributed by atoms with Crippen LogP contribution in [-0.4, -0.2) is 23.3 Å². The van der Waals surface area contributed by atoms with E-state index in [1.165, 1.54) is 7.11 Å². The number of rotatable bonds is 5. The van der Waals surface area contributed by atoms with Crippen LogP contribution < -0.4 is 4.74 Å². The fraction of sp³-hybridized carbons (Fsp3) is 0.250. The number of benzene rings is 2. The summed E-state index contributed by atoms with van der Waals surface area (Å²) in [4.78, 5) is 12.5. The quantitative estimate of drug-likeness (QED) is 0.638. The summed E-state index contributed by atoms with van der Waals surface area (Å²) in [5.41, 5.74) is 3.25. The van der Waals surface area contributed by atoms with Crippen molar-refractivity contribution in [2.45, 2.75) is 26.9 Å². The predicted octanol–water partition coefficient (Wildman–Crippen LogP) is 4.28. The molecule has 0 aliphatic carbocycles. The summed E-state index contributed by atoms with van der Waals surface area (Å²) < 4.78 is 16.4. The molecule has 1 atom stereocenters. The second kappa shape index (κ2) is 7.39. The molecule has 0 radical (unpaired) electrons. The van der Waals surface area contributed by atoms with E-state index in [0.717, 1.165) is 16.7 Å². The van der Waals surface area contributed by atoms with E-state index in [1.54, 1.807) is 19.1 Å². The van der Waals surface area contributed by atoms with Crippen molar-refractivity contribution in [1.82, 2.24) is 10.2 Å². The lowest BCUT2D eigenvalue weighted by atomic mass is 10.1. The first kappa shape index (κ1) is 17.7. The first-order valence-corrected chi connectivity index (χ1v) is 8.24. The number of ether oxygens (including phenoxy) is 2. The largest absolute Gasteiger partial charge is 0.496 e. The zero-order valence-corrected chi connectivity index (χ0v) is 15.1. The number of aryl methyl sites for hydroxylation is 2. The Kier molecular flexibility index (Phi) is 5.02. The third-order valence-electron chi connectivity index (χ3n) is 3.95. The van der Waals surface area contributed by atoms with E-state index < -0.39 is 12.1 Å². The van der Waals surface area contributed by atoms with E-state index in [2.05, 4.69) is 10.2 Å². The molecule has 3 rings (SSSR count). The molecule has 3 aromatic rings. The third-order valence-corrected chi connectivity index (χ3v) is 3.95. The molecule has 0 amide bonds. The maximum absolute atomic E-state index is 12.5. The molecule has 0 spiro atoms. The highest BCUT2D eigenvalue weighted by Crippen LogP contribution is 2.26. The van der Waals surface area contributed by atoms with Crippen LogP contribution in [0.25, 0.3) is 11.5 Å². The average Bonchev–Trinajstić information content (AvgIpc) is 3.12. The monoisotopic (exact) mass is 352 g/mol. The molecule has 0 aliphatic heterocycles. The van der Waals surface area contributed by atoms with Crippen LogP contribution in [0.3, 0.4) is 0 Å². The van der Waals surface area contributed by atoms with Crippen molar-refractivity contribution in [3.05, 3.63) is 65.0 Å². The lowest BCUT2D eigenvalue weighted by Crippen LogP contribution is -2.11. The molecule has 0 N–H and O–H groups in total. The van der Waals surface area contributed by atoms with Crippen molar-refractivity contribution in [3.8, 4) is 17.2 Å². The molecular formula is C20H20N2O4. The van der Waals surface area contributed by atoms with E-state index in [4.69, 9.17) is 13.9 Å². The first-order chi connectivity index (χ1) is 12.5. The number of hydrogen-bond donors (Lipinski definition) is 0. The zero-order valence-electron chi connectivity index (χ0n) is 15.1. The maximum atomic E-state index is 12.5. The summed E-state index contributed by atoms with van der Waals surface area (Å²) in [6, 6.07) is 13.1. The standard InChI is InChI=1S/C20H20N2O4/c1-12-5-8-15(9-6-12)19-22-21-18(26-19)14(3)25-20(23)16-11-13(2)7-10-17(16)24-4/h5-11,14H,1-4H3. The van der Waals surface area contributed by atoms with Gasteiger partial charge in [0.25, 0.3) is 5.89 Å². The Hall–Kier alpha value is -3.15.